The number of anilines is 1. The van der Waals surface area contributed by atoms with E-state index >= 15 is 0 Å². The Hall–Kier alpha value is -2.78. The molecule has 0 saturated carbocycles. The van der Waals surface area contributed by atoms with Gasteiger partial charge in [0.25, 0.3) is 16.0 Å². The molecule has 9 heteroatoms. The van der Waals surface area contributed by atoms with Crippen molar-refractivity contribution in [3.63, 3.8) is 0 Å². The topological polar surface area (TPSA) is 105 Å². The molecule has 0 bridgehead atoms. The Balaban J connectivity index is 0.00000166. The molecule has 0 aromatic heterocycles. The maximum atomic E-state index is 13.3. The zero-order valence-electron chi connectivity index (χ0n) is 18.5. The second-order valence-corrected chi connectivity index (χ2v) is 8.48. The molecule has 3 rings (SSSR count). The lowest BCUT2D eigenvalue weighted by Crippen LogP contribution is -2.53. The van der Waals surface area contributed by atoms with Gasteiger partial charge in [-0.1, -0.05) is 44.2 Å². The summed E-state index contributed by atoms with van der Waals surface area (Å²) in [5.41, 5.74) is 2.34. The van der Waals surface area contributed by atoms with E-state index in [4.69, 9.17) is 9.47 Å². The van der Waals surface area contributed by atoms with Gasteiger partial charge in [0.05, 0.1) is 31.5 Å². The summed E-state index contributed by atoms with van der Waals surface area (Å²) in [6.45, 7) is 9.78. The highest BCUT2D eigenvalue weighted by Crippen LogP contribution is 2.39. The molecule has 1 aromatic carbocycles. The highest BCUT2D eigenvalue weighted by molar-refractivity contribution is 7.86. The Morgan fingerprint density at radius 1 is 1.23 bits per heavy atom. The smallest absolute Gasteiger partial charge is 0.288 e. The summed E-state index contributed by atoms with van der Waals surface area (Å²) in [6, 6.07) is 2.22. The summed E-state index contributed by atoms with van der Waals surface area (Å²) in [4.78, 5) is 14.8. The average molecular weight is 451 g/mol. The predicted molar refractivity (Wildman–Crippen MR) is 121 cm³/mol. The zero-order chi connectivity index (χ0) is 23.3. The van der Waals surface area contributed by atoms with Gasteiger partial charge in [-0.3, -0.25) is 9.35 Å². The summed E-state index contributed by atoms with van der Waals surface area (Å²) in [7, 11) is -1.63. The maximum Gasteiger partial charge on any atom is 0.288 e. The molecule has 2 unspecified atom stereocenters. The van der Waals surface area contributed by atoms with Gasteiger partial charge >= 0.3 is 0 Å². The number of nitrogens with zero attached hydrogens (tertiary/aromatic N) is 1. The molecule has 0 radical (unpaired) electrons. The number of fused-ring (bicyclic) bond motifs is 2. The van der Waals surface area contributed by atoms with E-state index in [9.17, 15) is 17.8 Å². The number of carbonyl (C=O) groups excluding carboxylic acids is 1. The van der Waals surface area contributed by atoms with Gasteiger partial charge in [0.15, 0.2) is 16.9 Å². The number of methoxy groups -OCH3 is 2. The van der Waals surface area contributed by atoms with Crippen molar-refractivity contribution in [2.45, 2.75) is 38.6 Å². The molecule has 0 spiro atoms. The largest absolute Gasteiger partial charge is 0.493 e. The molecular formula is C22H30N2O6S. The number of ether oxygens (including phenoxy) is 2. The Morgan fingerprint density at radius 3 is 2.39 bits per heavy atom. The molecule has 0 aliphatic carbocycles. The summed E-state index contributed by atoms with van der Waals surface area (Å²) < 4.78 is 45.0. The van der Waals surface area contributed by atoms with Crippen molar-refractivity contribution in [2.75, 3.05) is 26.1 Å². The number of carbonyl (C=O) groups is 1. The minimum absolute atomic E-state index is 0.238. The molecule has 8 nitrogen and oxygen atoms in total. The second kappa shape index (κ2) is 10.0. The number of amides is 1. The van der Waals surface area contributed by atoms with Crippen molar-refractivity contribution >= 4 is 21.7 Å². The van der Waals surface area contributed by atoms with E-state index in [0.717, 1.165) is 11.1 Å². The van der Waals surface area contributed by atoms with Crippen molar-refractivity contribution in [2.24, 2.45) is 0 Å². The molecule has 0 saturated heterocycles. The van der Waals surface area contributed by atoms with Gasteiger partial charge in [-0.2, -0.15) is 8.42 Å². The van der Waals surface area contributed by atoms with Gasteiger partial charge < -0.3 is 19.7 Å². The third-order valence-corrected chi connectivity index (χ3v) is 6.28. The lowest BCUT2D eigenvalue weighted by Gasteiger charge is -2.38. The van der Waals surface area contributed by atoms with E-state index in [-0.39, 0.29) is 30.1 Å². The molecule has 2 aliphatic rings. The standard InChI is InChI=1S/C20H24N2O6S.C2H6/c1-5-6-7-13-8-16-19(29(24,25)26)21-15-10-18(28-4)17(27-3)9-14(15)20(23)22(16)11-12(13)2;1-2/h5-7,9-10,16,19,21H,1,8,11H2,2-4H3,(H,24,25,26);1-2H3/b7-6-;. The summed E-state index contributed by atoms with van der Waals surface area (Å²) in [5.74, 6) is 0.335. The number of rotatable bonds is 5. The quantitative estimate of drug-likeness (QED) is 0.521. The SMILES string of the molecule is C=C/C=C\C1=C(C)CN2C(=O)c3cc(OC)c(OC)cc3NC(S(=O)(=O)O)C2C1.CC. The molecule has 1 aromatic rings. The lowest BCUT2D eigenvalue weighted by molar-refractivity contribution is 0.0690. The highest BCUT2D eigenvalue weighted by atomic mass is 32.2. The Kier molecular flexibility index (Phi) is 7.91. The minimum atomic E-state index is -4.53. The molecule has 0 fully saturated rings. The van der Waals surface area contributed by atoms with Gasteiger partial charge in [-0.25, -0.2) is 0 Å². The van der Waals surface area contributed by atoms with Gasteiger partial charge in [0.1, 0.15) is 0 Å². The Morgan fingerprint density at radius 2 is 1.84 bits per heavy atom. The number of hydrogen-bond donors (Lipinski definition) is 2. The first-order valence-corrected chi connectivity index (χ1v) is 11.5. The number of hydrogen-bond acceptors (Lipinski definition) is 6. The van der Waals surface area contributed by atoms with Crippen molar-refractivity contribution in [3.8, 4) is 11.5 Å². The van der Waals surface area contributed by atoms with Crippen LogP contribution in [0.25, 0.3) is 0 Å². The molecule has 2 N–H and O–H groups in total. The molecular weight excluding hydrogens is 420 g/mol. The fraction of sp³-hybridized carbons (Fsp3) is 0.409. The first-order chi connectivity index (χ1) is 14.7. The van der Waals surface area contributed by atoms with Gasteiger partial charge in [0, 0.05) is 12.6 Å². The van der Waals surface area contributed by atoms with E-state index in [1.165, 1.54) is 31.3 Å². The molecule has 1 amide bonds. The van der Waals surface area contributed by atoms with Gasteiger partial charge in [-0.15, -0.1) is 0 Å². The van der Waals surface area contributed by atoms with Crippen LogP contribution in [-0.2, 0) is 10.1 Å². The maximum absolute atomic E-state index is 13.3. The highest BCUT2D eigenvalue weighted by Gasteiger charge is 2.44. The second-order valence-electron chi connectivity index (χ2n) is 6.94. The van der Waals surface area contributed by atoms with Crippen LogP contribution in [0.4, 0.5) is 5.69 Å². The summed E-state index contributed by atoms with van der Waals surface area (Å²) in [6.07, 6.45) is 5.49. The van der Waals surface area contributed by atoms with Crippen molar-refractivity contribution in [1.82, 2.24) is 4.90 Å². The van der Waals surface area contributed by atoms with E-state index in [1.54, 1.807) is 12.2 Å². The number of nitrogens with one attached hydrogen (secondary N) is 1. The van der Waals surface area contributed by atoms with Crippen LogP contribution in [0.2, 0.25) is 0 Å². The Labute approximate surface area is 184 Å². The molecule has 2 aliphatic heterocycles. The fourth-order valence-corrected chi connectivity index (χ4v) is 4.64. The molecule has 170 valence electrons. The van der Waals surface area contributed by atoms with Crippen LogP contribution in [0.5, 0.6) is 11.5 Å². The third kappa shape index (κ3) is 4.94. The van der Waals surface area contributed by atoms with Gasteiger partial charge in [-0.05, 0) is 25.0 Å². The van der Waals surface area contributed by atoms with Crippen LogP contribution >= 0.6 is 0 Å². The summed E-state index contributed by atoms with van der Waals surface area (Å²) >= 11 is 0. The van der Waals surface area contributed by atoms with Crippen molar-refractivity contribution < 1.29 is 27.2 Å². The van der Waals surface area contributed by atoms with Gasteiger partial charge in [0.2, 0.25) is 0 Å². The van der Waals surface area contributed by atoms with Crippen LogP contribution in [0.15, 0.2) is 48.1 Å². The first-order valence-electron chi connectivity index (χ1n) is 9.98. The average Bonchev–Trinajstić information content (AvgIpc) is 2.87. The Bertz CT molecular complexity index is 1010. The van der Waals surface area contributed by atoms with E-state index in [2.05, 4.69) is 11.9 Å². The van der Waals surface area contributed by atoms with Crippen molar-refractivity contribution in [3.05, 3.63) is 53.6 Å². The first kappa shape index (κ1) is 24.5. The summed E-state index contributed by atoms with van der Waals surface area (Å²) in [5, 5.41) is 1.45. The molecule has 31 heavy (non-hydrogen) atoms. The normalized spacial score (nSPS) is 20.7. The molecule has 2 atom stereocenters. The monoisotopic (exact) mass is 450 g/mol. The van der Waals surface area contributed by atoms with Crippen LogP contribution < -0.4 is 14.8 Å². The van der Waals surface area contributed by atoms with Crippen molar-refractivity contribution in [1.29, 1.82) is 0 Å². The van der Waals surface area contributed by atoms with E-state index in [1.807, 2.05) is 26.8 Å². The third-order valence-electron chi connectivity index (χ3n) is 5.20. The van der Waals surface area contributed by atoms with Crippen LogP contribution in [0.1, 0.15) is 37.6 Å². The predicted octanol–water partition coefficient (Wildman–Crippen LogP) is 3.64. The van der Waals surface area contributed by atoms with Crippen LogP contribution in [-0.4, -0.2) is 56.0 Å². The fourth-order valence-electron chi connectivity index (χ4n) is 3.72. The van der Waals surface area contributed by atoms with E-state index < -0.39 is 21.5 Å². The number of benzene rings is 1. The molecule has 2 heterocycles. The van der Waals surface area contributed by atoms with Crippen LogP contribution in [0.3, 0.4) is 0 Å². The van der Waals surface area contributed by atoms with E-state index in [0.29, 0.717) is 11.5 Å². The van der Waals surface area contributed by atoms with Crippen LogP contribution in [0, 0.1) is 0 Å². The zero-order valence-corrected chi connectivity index (χ0v) is 19.3. The number of allylic oxidation sites excluding steroid dienone is 3. The lowest BCUT2D eigenvalue weighted by atomic mass is 9.94. The minimum Gasteiger partial charge on any atom is -0.493 e.